The molecule has 25 heavy (non-hydrogen) atoms. The fraction of sp³-hybridized carbons (Fsp3) is 0.235. The predicted molar refractivity (Wildman–Crippen MR) is 98.3 cm³/mol. The summed E-state index contributed by atoms with van der Waals surface area (Å²) in [6.45, 7) is -0.190. The fourth-order valence-electron chi connectivity index (χ4n) is 2.12. The second-order valence-corrected chi connectivity index (χ2v) is 7.85. The van der Waals surface area contributed by atoms with E-state index in [-0.39, 0.29) is 13.1 Å². The molecule has 1 N–H and O–H groups in total. The third-order valence-electron chi connectivity index (χ3n) is 3.43. The maximum Gasteiger partial charge on any atom is 0.239 e. The fourth-order valence-corrected chi connectivity index (χ4v) is 2.98. The molecule has 0 aliphatic carbocycles. The number of hydrogen-bond donors (Lipinski definition) is 1. The molecule has 0 aromatic heterocycles. The van der Waals surface area contributed by atoms with Crippen molar-refractivity contribution in [3.05, 3.63) is 59.1 Å². The maximum absolute atomic E-state index is 12.2. The van der Waals surface area contributed by atoms with E-state index >= 15 is 0 Å². The number of ether oxygens (including phenoxy) is 1. The Morgan fingerprint density at radius 1 is 1.12 bits per heavy atom. The van der Waals surface area contributed by atoms with Gasteiger partial charge >= 0.3 is 0 Å². The van der Waals surface area contributed by atoms with Crippen molar-refractivity contribution in [2.45, 2.75) is 6.54 Å². The Morgan fingerprint density at radius 2 is 1.72 bits per heavy atom. The third-order valence-corrected chi connectivity index (χ3v) is 4.88. The molecule has 2 aromatic carbocycles. The molecule has 6 nitrogen and oxygen atoms in total. The molecule has 1 amide bonds. The second-order valence-electron chi connectivity index (χ2n) is 5.43. The Hall–Kier alpha value is -2.09. The number of halogens is 1. The van der Waals surface area contributed by atoms with Gasteiger partial charge in [0.25, 0.3) is 0 Å². The summed E-state index contributed by atoms with van der Waals surface area (Å²) in [5.74, 6) is 0.247. The van der Waals surface area contributed by atoms with Gasteiger partial charge in [0, 0.05) is 17.3 Å². The van der Waals surface area contributed by atoms with Gasteiger partial charge in [-0.3, -0.25) is 4.79 Å². The highest BCUT2D eigenvalue weighted by atomic mass is 35.5. The van der Waals surface area contributed by atoms with Crippen LogP contribution in [0.3, 0.4) is 0 Å². The van der Waals surface area contributed by atoms with E-state index in [0.717, 1.165) is 16.1 Å². The van der Waals surface area contributed by atoms with Crippen LogP contribution in [0.1, 0.15) is 5.56 Å². The predicted octanol–water partition coefficient (Wildman–Crippen LogP) is 2.75. The number of hydrogen-bond acceptors (Lipinski definition) is 4. The van der Waals surface area contributed by atoms with Gasteiger partial charge in [-0.25, -0.2) is 8.42 Å². The highest BCUT2D eigenvalue weighted by Crippen LogP contribution is 2.16. The lowest BCUT2D eigenvalue weighted by Gasteiger charge is -2.19. The van der Waals surface area contributed by atoms with Gasteiger partial charge in [0.15, 0.2) is 0 Å². The van der Waals surface area contributed by atoms with E-state index in [9.17, 15) is 13.2 Å². The van der Waals surface area contributed by atoms with E-state index in [1.54, 1.807) is 55.6 Å². The molecule has 0 aliphatic rings. The van der Waals surface area contributed by atoms with Crippen LogP contribution >= 0.6 is 11.6 Å². The molecule has 0 saturated heterocycles. The minimum Gasteiger partial charge on any atom is -0.497 e. The lowest BCUT2D eigenvalue weighted by atomic mass is 10.2. The highest BCUT2D eigenvalue weighted by Gasteiger charge is 2.20. The van der Waals surface area contributed by atoms with Gasteiger partial charge in [-0.15, -0.1) is 0 Å². The van der Waals surface area contributed by atoms with E-state index in [2.05, 4.69) is 5.32 Å². The summed E-state index contributed by atoms with van der Waals surface area (Å²) in [6.07, 6.45) is 1.08. The molecule has 134 valence electrons. The number of nitrogens with one attached hydrogen (secondary N) is 1. The SMILES string of the molecule is COc1ccc(CN(CC(=O)Nc2ccc(Cl)cc2)S(C)(=O)=O)cc1. The lowest BCUT2D eigenvalue weighted by molar-refractivity contribution is -0.116. The van der Waals surface area contributed by atoms with Crippen LogP contribution in [0, 0.1) is 0 Å². The minimum atomic E-state index is -3.55. The number of rotatable bonds is 7. The van der Waals surface area contributed by atoms with Crippen molar-refractivity contribution in [2.75, 3.05) is 25.2 Å². The van der Waals surface area contributed by atoms with Crippen molar-refractivity contribution >= 4 is 33.2 Å². The van der Waals surface area contributed by atoms with Gasteiger partial charge in [0.05, 0.1) is 19.9 Å². The first kappa shape index (κ1) is 19.2. The first-order chi connectivity index (χ1) is 11.8. The molecule has 2 rings (SSSR count). The molecule has 0 heterocycles. The number of sulfonamides is 1. The number of anilines is 1. The molecular weight excluding hydrogens is 364 g/mol. The summed E-state index contributed by atoms with van der Waals surface area (Å²) in [7, 11) is -2.00. The van der Waals surface area contributed by atoms with Crippen molar-refractivity contribution < 1.29 is 17.9 Å². The molecule has 0 bridgehead atoms. The standard InChI is InChI=1S/C17H19ClN2O4S/c1-24-16-9-3-13(4-10-16)11-20(25(2,22)23)12-17(21)19-15-7-5-14(18)6-8-15/h3-10H,11-12H2,1-2H3,(H,19,21). The van der Waals surface area contributed by atoms with E-state index in [0.29, 0.717) is 16.5 Å². The molecule has 0 unspecified atom stereocenters. The summed E-state index contributed by atoms with van der Waals surface area (Å²) < 4.78 is 30.2. The summed E-state index contributed by atoms with van der Waals surface area (Å²) in [5.41, 5.74) is 1.30. The highest BCUT2D eigenvalue weighted by molar-refractivity contribution is 7.88. The van der Waals surface area contributed by atoms with Crippen molar-refractivity contribution in [1.29, 1.82) is 0 Å². The van der Waals surface area contributed by atoms with Gasteiger partial charge < -0.3 is 10.1 Å². The zero-order chi connectivity index (χ0) is 18.4. The van der Waals surface area contributed by atoms with Gasteiger partial charge in [-0.2, -0.15) is 4.31 Å². The van der Waals surface area contributed by atoms with E-state index in [4.69, 9.17) is 16.3 Å². The summed E-state index contributed by atoms with van der Waals surface area (Å²) >= 11 is 5.80. The molecule has 0 spiro atoms. The minimum absolute atomic E-state index is 0.0941. The quantitative estimate of drug-likeness (QED) is 0.798. The number of carbonyl (C=O) groups excluding carboxylic acids is 1. The lowest BCUT2D eigenvalue weighted by Crippen LogP contribution is -2.36. The Balaban J connectivity index is 2.06. The summed E-state index contributed by atoms with van der Waals surface area (Å²) in [5, 5.41) is 3.20. The topological polar surface area (TPSA) is 75.7 Å². The van der Waals surface area contributed by atoms with E-state index < -0.39 is 15.9 Å². The van der Waals surface area contributed by atoms with Crippen LogP contribution in [0.15, 0.2) is 48.5 Å². The van der Waals surface area contributed by atoms with Gasteiger partial charge in [0.1, 0.15) is 5.75 Å². The van der Waals surface area contributed by atoms with Crippen LogP contribution in [-0.4, -0.2) is 38.5 Å². The molecule has 0 fully saturated rings. The first-order valence-corrected chi connectivity index (χ1v) is 9.64. The average molecular weight is 383 g/mol. The van der Waals surface area contributed by atoms with Crippen LogP contribution in [0.2, 0.25) is 5.02 Å². The largest absolute Gasteiger partial charge is 0.497 e. The van der Waals surface area contributed by atoms with Gasteiger partial charge in [-0.1, -0.05) is 23.7 Å². The van der Waals surface area contributed by atoms with Crippen molar-refractivity contribution in [3.8, 4) is 5.75 Å². The Labute approximate surface area is 152 Å². The zero-order valence-corrected chi connectivity index (χ0v) is 15.5. The van der Waals surface area contributed by atoms with Crippen molar-refractivity contribution in [3.63, 3.8) is 0 Å². The van der Waals surface area contributed by atoms with Crippen LogP contribution in [-0.2, 0) is 21.4 Å². The summed E-state index contributed by atoms with van der Waals surface area (Å²) in [6, 6.07) is 13.6. The monoisotopic (exact) mass is 382 g/mol. The Kier molecular flexibility index (Phi) is 6.41. The van der Waals surface area contributed by atoms with Crippen LogP contribution < -0.4 is 10.1 Å². The maximum atomic E-state index is 12.2. The van der Waals surface area contributed by atoms with Crippen LogP contribution in [0.25, 0.3) is 0 Å². The average Bonchev–Trinajstić information content (AvgIpc) is 2.56. The molecule has 0 saturated carbocycles. The molecule has 2 aromatic rings. The molecule has 0 aliphatic heterocycles. The van der Waals surface area contributed by atoms with Crippen molar-refractivity contribution in [2.24, 2.45) is 0 Å². The third kappa shape index (κ3) is 6.04. The van der Waals surface area contributed by atoms with Gasteiger partial charge in [0.2, 0.25) is 15.9 Å². The Morgan fingerprint density at radius 3 is 2.24 bits per heavy atom. The van der Waals surface area contributed by atoms with Crippen molar-refractivity contribution in [1.82, 2.24) is 4.31 Å². The second kappa shape index (κ2) is 8.33. The normalized spacial score (nSPS) is 11.4. The molecular formula is C17H19ClN2O4S. The summed E-state index contributed by atoms with van der Waals surface area (Å²) in [4.78, 5) is 12.2. The van der Waals surface area contributed by atoms with E-state index in [1.807, 2.05) is 0 Å². The number of nitrogens with zero attached hydrogens (tertiary/aromatic N) is 1. The number of carbonyl (C=O) groups is 1. The molecule has 0 radical (unpaired) electrons. The van der Waals surface area contributed by atoms with Gasteiger partial charge in [-0.05, 0) is 42.0 Å². The smallest absolute Gasteiger partial charge is 0.239 e. The molecule has 0 atom stereocenters. The molecule has 8 heteroatoms. The van der Waals surface area contributed by atoms with Crippen LogP contribution in [0.4, 0.5) is 5.69 Å². The number of methoxy groups -OCH3 is 1. The zero-order valence-electron chi connectivity index (χ0n) is 13.9. The van der Waals surface area contributed by atoms with E-state index in [1.165, 1.54) is 0 Å². The number of amides is 1. The van der Waals surface area contributed by atoms with Crippen LogP contribution in [0.5, 0.6) is 5.75 Å². The Bertz CT molecular complexity index is 821. The first-order valence-electron chi connectivity index (χ1n) is 7.41. The number of benzene rings is 2.